The first kappa shape index (κ1) is 13.9. The average Bonchev–Trinajstić information content (AvgIpc) is 1.98. The Morgan fingerprint density at radius 2 is 1.09 bits per heavy atom. The van der Waals surface area contributed by atoms with E-state index >= 15 is 0 Å². The minimum absolute atomic E-state index is 0. The van der Waals surface area contributed by atoms with Crippen LogP contribution in [0.2, 0.25) is 0 Å². The van der Waals surface area contributed by atoms with Crippen LogP contribution in [0, 0.1) is 35.1 Å². The van der Waals surface area contributed by atoms with Crippen molar-refractivity contribution in [1.82, 2.24) is 4.98 Å². The molecule has 11 heavy (non-hydrogen) atoms. The molecule has 0 aliphatic rings. The van der Waals surface area contributed by atoms with Gasteiger partial charge in [-0.1, -0.05) is 25.0 Å². The number of hydrogen-bond donors (Lipinski definition) is 0. The second-order valence-electron chi connectivity index (χ2n) is 2.53. The zero-order valence-electron chi connectivity index (χ0n) is 8.02. The molecule has 1 heterocycles. The molecule has 0 aliphatic heterocycles. The average molecular weight is 226 g/mol. The molecule has 0 saturated heterocycles. The maximum atomic E-state index is 4.31. The monoisotopic (exact) mass is 226 g/mol. The smallest absolute Gasteiger partial charge is 0 e. The Labute approximate surface area is 94.9 Å². The molecular formula is C9H15NY-2. The fraction of sp³-hybridized carbons (Fsp3) is 0.444. The molecule has 0 saturated carbocycles. The first-order valence-electron chi connectivity index (χ1n) is 3.20. The van der Waals surface area contributed by atoms with Crippen LogP contribution in [0.1, 0.15) is 22.5 Å². The van der Waals surface area contributed by atoms with Crippen LogP contribution < -0.4 is 4.98 Å². The van der Waals surface area contributed by atoms with Gasteiger partial charge in [-0.15, -0.1) is 0 Å². The topological polar surface area (TPSA) is 14.1 Å². The Kier molecular flexibility index (Phi) is 6.47. The molecule has 0 fully saturated rings. The van der Waals surface area contributed by atoms with E-state index in [1.54, 1.807) is 0 Å². The summed E-state index contributed by atoms with van der Waals surface area (Å²) in [6.07, 6.45) is 0. The summed E-state index contributed by atoms with van der Waals surface area (Å²) in [4.78, 5) is 4.31. The van der Waals surface area contributed by atoms with Gasteiger partial charge in [-0.2, -0.15) is 11.4 Å². The van der Waals surface area contributed by atoms with Crippen LogP contribution >= 0.6 is 0 Å². The van der Waals surface area contributed by atoms with Crippen molar-refractivity contribution in [2.45, 2.75) is 27.7 Å². The second-order valence-corrected chi connectivity index (χ2v) is 2.53. The number of nitrogens with zero attached hydrogens (tertiary/aromatic N) is 1. The van der Waals surface area contributed by atoms with E-state index in [-0.39, 0.29) is 40.1 Å². The van der Waals surface area contributed by atoms with Gasteiger partial charge in [0.25, 0.3) is 0 Å². The number of aromatic nitrogens is 1. The summed E-state index contributed by atoms with van der Waals surface area (Å²) in [7, 11) is 0. The Morgan fingerprint density at radius 1 is 0.818 bits per heavy atom. The molecule has 0 spiro atoms. The van der Waals surface area contributed by atoms with Crippen LogP contribution in [0.5, 0.6) is 0 Å². The van der Waals surface area contributed by atoms with Crippen molar-refractivity contribution in [2.75, 3.05) is 0 Å². The zero-order chi connectivity index (χ0) is 7.02. The van der Waals surface area contributed by atoms with Gasteiger partial charge in [-0.05, 0) is 13.8 Å². The van der Waals surface area contributed by atoms with Gasteiger partial charge in [0.05, 0.1) is 0 Å². The second kappa shape index (κ2) is 5.10. The molecule has 0 N–H and O–H groups in total. The fourth-order valence-corrected chi connectivity index (χ4v) is 0.962. The summed E-state index contributed by atoms with van der Waals surface area (Å²) >= 11 is 0. The van der Waals surface area contributed by atoms with Crippen molar-refractivity contribution in [3.05, 3.63) is 29.9 Å². The summed E-state index contributed by atoms with van der Waals surface area (Å²) < 4.78 is 0. The minimum atomic E-state index is 0. The standard InChI is InChI=1S/C8H12N.CH3.Y/c1-5-6(2)8(4)9-7(5)3;;/h1-4H3;1H3;/q2*-1;. The molecule has 1 aromatic heterocycles. The molecule has 0 aliphatic carbocycles. The quantitative estimate of drug-likeness (QED) is 0.619. The Hall–Kier alpha value is 0.384. The van der Waals surface area contributed by atoms with Crippen LogP contribution in [0.25, 0.3) is 0 Å². The zero-order valence-corrected chi connectivity index (χ0v) is 10.9. The fourth-order valence-electron chi connectivity index (χ4n) is 0.962. The first-order chi connectivity index (χ1) is 4.13. The molecular weight excluding hydrogens is 211 g/mol. The predicted octanol–water partition coefficient (Wildman–Crippen LogP) is 2.33. The van der Waals surface area contributed by atoms with Crippen LogP contribution in [-0.2, 0) is 32.7 Å². The Balaban J connectivity index is 0. The molecule has 0 aromatic carbocycles. The normalized spacial score (nSPS) is 8.36. The van der Waals surface area contributed by atoms with E-state index < -0.39 is 0 Å². The third kappa shape index (κ3) is 2.72. The number of hydrogen-bond acceptors (Lipinski definition) is 0. The summed E-state index contributed by atoms with van der Waals surface area (Å²) in [5.41, 5.74) is 5.02. The van der Waals surface area contributed by atoms with Gasteiger partial charge in [0, 0.05) is 32.7 Å². The van der Waals surface area contributed by atoms with Crippen molar-refractivity contribution in [2.24, 2.45) is 0 Å². The van der Waals surface area contributed by atoms with Gasteiger partial charge in [0.2, 0.25) is 0 Å². The summed E-state index contributed by atoms with van der Waals surface area (Å²) in [5.74, 6) is 0. The van der Waals surface area contributed by atoms with Crippen molar-refractivity contribution >= 4 is 0 Å². The molecule has 1 rings (SSSR count). The molecule has 1 aromatic rings. The van der Waals surface area contributed by atoms with E-state index in [0.717, 1.165) is 0 Å². The van der Waals surface area contributed by atoms with Gasteiger partial charge in [0.15, 0.2) is 0 Å². The first-order valence-corrected chi connectivity index (χ1v) is 3.20. The molecule has 0 amide bonds. The molecule has 1 nitrogen and oxygen atoms in total. The van der Waals surface area contributed by atoms with Crippen LogP contribution in [-0.4, -0.2) is 0 Å². The molecule has 0 unspecified atom stereocenters. The van der Waals surface area contributed by atoms with E-state index in [1.807, 2.05) is 0 Å². The van der Waals surface area contributed by atoms with E-state index in [4.69, 9.17) is 0 Å². The maximum Gasteiger partial charge on any atom is 0 e. The Morgan fingerprint density at radius 3 is 1.18 bits per heavy atom. The summed E-state index contributed by atoms with van der Waals surface area (Å²) in [5, 5.41) is 0. The molecule has 61 valence electrons. The van der Waals surface area contributed by atoms with Crippen LogP contribution in [0.4, 0.5) is 0 Å². The SMILES string of the molecule is Cc1[n-]c(C)c(C)c1C.[CH3-].[Y]. The van der Waals surface area contributed by atoms with Crippen molar-refractivity contribution < 1.29 is 32.7 Å². The van der Waals surface area contributed by atoms with E-state index in [9.17, 15) is 0 Å². The summed E-state index contributed by atoms with van der Waals surface area (Å²) in [6.45, 7) is 8.33. The van der Waals surface area contributed by atoms with Gasteiger partial charge in [-0.3, -0.25) is 0 Å². The van der Waals surface area contributed by atoms with Crippen LogP contribution in [0.3, 0.4) is 0 Å². The minimum Gasteiger partial charge on any atom is -0.665 e. The maximum absolute atomic E-state index is 4.31. The molecule has 0 bridgehead atoms. The number of rotatable bonds is 0. The van der Waals surface area contributed by atoms with Gasteiger partial charge < -0.3 is 12.4 Å². The molecule has 2 heteroatoms. The number of aryl methyl sites for hydroxylation is 2. The third-order valence-electron chi connectivity index (χ3n) is 1.98. The van der Waals surface area contributed by atoms with Gasteiger partial charge in [-0.25, -0.2) is 0 Å². The Bertz CT molecular complexity index is 203. The molecule has 1 radical (unpaired) electrons. The van der Waals surface area contributed by atoms with Gasteiger partial charge >= 0.3 is 0 Å². The predicted molar refractivity (Wildman–Crippen MR) is 45.1 cm³/mol. The van der Waals surface area contributed by atoms with Gasteiger partial charge in [0.1, 0.15) is 0 Å². The van der Waals surface area contributed by atoms with Crippen molar-refractivity contribution in [3.8, 4) is 0 Å². The molecule has 0 atom stereocenters. The van der Waals surface area contributed by atoms with Crippen molar-refractivity contribution in [1.29, 1.82) is 0 Å². The van der Waals surface area contributed by atoms with E-state index in [2.05, 4.69) is 32.7 Å². The summed E-state index contributed by atoms with van der Waals surface area (Å²) in [6, 6.07) is 0. The third-order valence-corrected chi connectivity index (χ3v) is 1.98. The van der Waals surface area contributed by atoms with Crippen LogP contribution in [0.15, 0.2) is 0 Å². The van der Waals surface area contributed by atoms with E-state index in [1.165, 1.54) is 22.5 Å². The van der Waals surface area contributed by atoms with Crippen molar-refractivity contribution in [3.63, 3.8) is 0 Å². The largest absolute Gasteiger partial charge is 0.665 e. The van der Waals surface area contributed by atoms with E-state index in [0.29, 0.717) is 0 Å².